The van der Waals surface area contributed by atoms with E-state index in [-0.39, 0.29) is 11.6 Å². The quantitative estimate of drug-likeness (QED) is 0.573. The fourth-order valence-electron chi connectivity index (χ4n) is 1.67. The van der Waals surface area contributed by atoms with Gasteiger partial charge in [0.2, 0.25) is 0 Å². The standard InChI is InChI=1S/C11H23N5/c1-6-16-8-9(7-13-16)10(14-12)11(2,3)15(4)5/h7-8,10,14H,6,12H2,1-5H3. The Hall–Kier alpha value is -0.910. The zero-order chi connectivity index (χ0) is 12.3. The third-order valence-electron chi connectivity index (χ3n) is 3.34. The molecule has 0 aliphatic heterocycles. The third kappa shape index (κ3) is 2.42. The number of hydrazine groups is 1. The van der Waals surface area contributed by atoms with Crippen molar-refractivity contribution in [2.45, 2.75) is 38.9 Å². The van der Waals surface area contributed by atoms with E-state index >= 15 is 0 Å². The lowest BCUT2D eigenvalue weighted by atomic mass is 9.89. The van der Waals surface area contributed by atoms with Gasteiger partial charge in [-0.2, -0.15) is 5.10 Å². The Kier molecular flexibility index (Phi) is 4.07. The molecule has 0 saturated carbocycles. The van der Waals surface area contributed by atoms with Gasteiger partial charge in [0, 0.05) is 23.8 Å². The van der Waals surface area contributed by atoms with Crippen LogP contribution in [0.2, 0.25) is 0 Å². The van der Waals surface area contributed by atoms with Crippen LogP contribution in [0.15, 0.2) is 12.4 Å². The lowest BCUT2D eigenvalue weighted by Gasteiger charge is -2.39. The minimum absolute atomic E-state index is 0.0581. The van der Waals surface area contributed by atoms with Crippen LogP contribution >= 0.6 is 0 Å². The Morgan fingerprint density at radius 2 is 2.19 bits per heavy atom. The maximum Gasteiger partial charge on any atom is 0.0669 e. The predicted molar refractivity (Wildman–Crippen MR) is 65.7 cm³/mol. The molecule has 0 aromatic carbocycles. The molecule has 0 spiro atoms. The first kappa shape index (κ1) is 13.2. The largest absolute Gasteiger partial charge is 0.302 e. The summed E-state index contributed by atoms with van der Waals surface area (Å²) in [6, 6.07) is 0.0581. The molecule has 3 N–H and O–H groups in total. The van der Waals surface area contributed by atoms with Crippen molar-refractivity contribution in [3.63, 3.8) is 0 Å². The highest BCUT2D eigenvalue weighted by atomic mass is 15.3. The Balaban J connectivity index is 2.98. The van der Waals surface area contributed by atoms with Gasteiger partial charge in [-0.05, 0) is 34.9 Å². The van der Waals surface area contributed by atoms with Crippen molar-refractivity contribution in [3.8, 4) is 0 Å². The second-order valence-corrected chi connectivity index (χ2v) is 4.78. The molecule has 0 amide bonds. The number of hydrogen-bond acceptors (Lipinski definition) is 4. The highest BCUT2D eigenvalue weighted by Crippen LogP contribution is 2.28. The van der Waals surface area contributed by atoms with Gasteiger partial charge in [-0.1, -0.05) is 0 Å². The molecule has 0 bridgehead atoms. The molecule has 0 radical (unpaired) electrons. The van der Waals surface area contributed by atoms with E-state index in [9.17, 15) is 0 Å². The number of aromatic nitrogens is 2. The molecular formula is C11H23N5. The van der Waals surface area contributed by atoms with Crippen LogP contribution in [0.5, 0.6) is 0 Å². The molecule has 1 heterocycles. The van der Waals surface area contributed by atoms with Crippen LogP contribution in [0.4, 0.5) is 0 Å². The first-order valence-electron chi connectivity index (χ1n) is 5.59. The fraction of sp³-hybridized carbons (Fsp3) is 0.727. The van der Waals surface area contributed by atoms with Crippen molar-refractivity contribution in [1.82, 2.24) is 20.1 Å². The Morgan fingerprint density at radius 3 is 2.56 bits per heavy atom. The molecular weight excluding hydrogens is 202 g/mol. The Labute approximate surface area is 97.6 Å². The van der Waals surface area contributed by atoms with Crippen LogP contribution in [0.25, 0.3) is 0 Å². The van der Waals surface area contributed by atoms with Gasteiger partial charge < -0.3 is 4.90 Å². The number of hydrogen-bond donors (Lipinski definition) is 2. The number of nitrogens with one attached hydrogen (secondary N) is 1. The lowest BCUT2D eigenvalue weighted by Crippen LogP contribution is -2.51. The molecule has 1 aromatic rings. The number of nitrogens with two attached hydrogens (primary N) is 1. The highest BCUT2D eigenvalue weighted by Gasteiger charge is 2.32. The smallest absolute Gasteiger partial charge is 0.0669 e. The van der Waals surface area contributed by atoms with E-state index in [1.165, 1.54) is 0 Å². The summed E-state index contributed by atoms with van der Waals surface area (Å²) >= 11 is 0. The van der Waals surface area contributed by atoms with Crippen LogP contribution in [0.1, 0.15) is 32.4 Å². The van der Waals surface area contributed by atoms with E-state index < -0.39 is 0 Å². The normalized spacial score (nSPS) is 14.4. The summed E-state index contributed by atoms with van der Waals surface area (Å²) in [7, 11) is 4.10. The SMILES string of the molecule is CCn1cc(C(NN)C(C)(C)N(C)C)cn1. The topological polar surface area (TPSA) is 59.1 Å². The van der Waals surface area contributed by atoms with Gasteiger partial charge in [-0.25, -0.2) is 0 Å². The Morgan fingerprint density at radius 1 is 1.56 bits per heavy atom. The molecule has 92 valence electrons. The molecule has 5 nitrogen and oxygen atoms in total. The molecule has 1 atom stereocenters. The van der Waals surface area contributed by atoms with Gasteiger partial charge in [-0.15, -0.1) is 0 Å². The third-order valence-corrected chi connectivity index (χ3v) is 3.34. The van der Waals surface area contributed by atoms with Crippen molar-refractivity contribution < 1.29 is 0 Å². The molecule has 1 aromatic heterocycles. The summed E-state index contributed by atoms with van der Waals surface area (Å²) in [5, 5.41) is 4.28. The van der Waals surface area contributed by atoms with Crippen LogP contribution in [0, 0.1) is 0 Å². The van der Waals surface area contributed by atoms with Crippen LogP contribution in [0.3, 0.4) is 0 Å². The summed E-state index contributed by atoms with van der Waals surface area (Å²) in [5.41, 5.74) is 3.92. The number of likely N-dealkylation sites (N-methyl/N-ethyl adjacent to an activating group) is 1. The van der Waals surface area contributed by atoms with Gasteiger partial charge in [0.1, 0.15) is 0 Å². The number of aryl methyl sites for hydroxylation is 1. The lowest BCUT2D eigenvalue weighted by molar-refractivity contribution is 0.138. The first-order chi connectivity index (χ1) is 7.43. The first-order valence-corrected chi connectivity index (χ1v) is 5.59. The highest BCUT2D eigenvalue weighted by molar-refractivity contribution is 5.16. The zero-order valence-corrected chi connectivity index (χ0v) is 10.9. The maximum absolute atomic E-state index is 5.67. The fourth-order valence-corrected chi connectivity index (χ4v) is 1.67. The van der Waals surface area contributed by atoms with Gasteiger partial charge >= 0.3 is 0 Å². The minimum Gasteiger partial charge on any atom is -0.302 e. The molecule has 16 heavy (non-hydrogen) atoms. The molecule has 0 fully saturated rings. The van der Waals surface area contributed by atoms with E-state index in [0.29, 0.717) is 0 Å². The molecule has 5 heteroatoms. The van der Waals surface area contributed by atoms with Crippen molar-refractivity contribution in [3.05, 3.63) is 18.0 Å². The van der Waals surface area contributed by atoms with Gasteiger partial charge in [-0.3, -0.25) is 16.0 Å². The van der Waals surface area contributed by atoms with Crippen molar-refractivity contribution in [2.75, 3.05) is 14.1 Å². The van der Waals surface area contributed by atoms with E-state index in [2.05, 4.69) is 50.3 Å². The minimum atomic E-state index is -0.0731. The van der Waals surface area contributed by atoms with E-state index in [1.807, 2.05) is 17.1 Å². The van der Waals surface area contributed by atoms with Gasteiger partial charge in [0.25, 0.3) is 0 Å². The van der Waals surface area contributed by atoms with Crippen LogP contribution < -0.4 is 11.3 Å². The average molecular weight is 225 g/mol. The van der Waals surface area contributed by atoms with E-state index in [0.717, 1.165) is 12.1 Å². The van der Waals surface area contributed by atoms with Crippen molar-refractivity contribution >= 4 is 0 Å². The van der Waals surface area contributed by atoms with Crippen molar-refractivity contribution in [1.29, 1.82) is 0 Å². The zero-order valence-electron chi connectivity index (χ0n) is 10.9. The summed E-state index contributed by atoms with van der Waals surface area (Å²) in [6.07, 6.45) is 3.91. The molecule has 0 aliphatic rings. The predicted octanol–water partition coefficient (Wildman–Crippen LogP) is 0.748. The second-order valence-electron chi connectivity index (χ2n) is 4.78. The Bertz CT molecular complexity index is 329. The van der Waals surface area contributed by atoms with Crippen LogP contribution in [-0.2, 0) is 6.54 Å². The van der Waals surface area contributed by atoms with E-state index in [1.54, 1.807) is 0 Å². The molecule has 0 saturated heterocycles. The second kappa shape index (κ2) is 4.95. The average Bonchev–Trinajstić information content (AvgIpc) is 2.66. The molecule has 1 unspecified atom stereocenters. The van der Waals surface area contributed by atoms with E-state index in [4.69, 9.17) is 5.84 Å². The number of nitrogens with zero attached hydrogens (tertiary/aromatic N) is 3. The number of rotatable bonds is 5. The summed E-state index contributed by atoms with van der Waals surface area (Å²) in [6.45, 7) is 7.25. The van der Waals surface area contributed by atoms with Gasteiger partial charge in [0.15, 0.2) is 0 Å². The summed E-state index contributed by atoms with van der Waals surface area (Å²) in [5.74, 6) is 5.67. The van der Waals surface area contributed by atoms with Crippen molar-refractivity contribution in [2.24, 2.45) is 5.84 Å². The van der Waals surface area contributed by atoms with Crippen LogP contribution in [-0.4, -0.2) is 34.3 Å². The van der Waals surface area contributed by atoms with Gasteiger partial charge in [0.05, 0.1) is 12.2 Å². The molecule has 1 rings (SSSR count). The molecule has 0 aliphatic carbocycles. The summed E-state index contributed by atoms with van der Waals surface area (Å²) < 4.78 is 1.91. The monoisotopic (exact) mass is 225 g/mol. The maximum atomic E-state index is 5.67. The summed E-state index contributed by atoms with van der Waals surface area (Å²) in [4.78, 5) is 2.15.